The van der Waals surface area contributed by atoms with Gasteiger partial charge in [-0.2, -0.15) is 13.5 Å². The van der Waals surface area contributed by atoms with Crippen molar-refractivity contribution in [3.05, 3.63) is 67.9 Å². The summed E-state index contributed by atoms with van der Waals surface area (Å²) in [5.41, 5.74) is 0.334. The van der Waals surface area contributed by atoms with E-state index in [9.17, 15) is 35.3 Å². The molecular formula is C25H24ClF4N5O5S2. The monoisotopic (exact) mass is 649 g/mol. The molecule has 1 N–H and O–H groups in total. The first kappa shape index (κ1) is 30.4. The van der Waals surface area contributed by atoms with E-state index in [-0.39, 0.29) is 17.4 Å². The van der Waals surface area contributed by atoms with Gasteiger partial charge in [-0.3, -0.25) is 14.0 Å². The number of piperidine rings is 1. The van der Waals surface area contributed by atoms with Crippen molar-refractivity contribution in [2.24, 2.45) is 5.16 Å². The number of hydrogen-bond acceptors (Lipinski definition) is 8. The SMILES string of the molecule is O=C(Cn1nc(C(F)F)cc1C(F)F)N1CCC(c2nc(C3=NO[C@H](c4c(Cl)cccc4CS(=O)(=O)O)C3)cs2)CC1. The number of carbonyl (C=O) groups excluding carboxylic acids is 1. The van der Waals surface area contributed by atoms with Crippen molar-refractivity contribution >= 4 is 44.7 Å². The number of benzene rings is 1. The lowest BCUT2D eigenvalue weighted by molar-refractivity contribution is -0.133. The molecule has 2 aromatic heterocycles. The zero-order valence-electron chi connectivity index (χ0n) is 21.7. The van der Waals surface area contributed by atoms with Crippen LogP contribution in [0.5, 0.6) is 0 Å². The van der Waals surface area contributed by atoms with Crippen LogP contribution in [0.15, 0.2) is 34.8 Å². The fraction of sp³-hybridized carbons (Fsp3) is 0.440. The summed E-state index contributed by atoms with van der Waals surface area (Å²) < 4.78 is 85.3. The van der Waals surface area contributed by atoms with Crippen LogP contribution < -0.4 is 0 Å². The topological polar surface area (TPSA) is 127 Å². The van der Waals surface area contributed by atoms with Gasteiger partial charge in [-0.25, -0.2) is 22.5 Å². The molecule has 5 rings (SSSR count). The van der Waals surface area contributed by atoms with Gasteiger partial charge in [0.05, 0.1) is 10.7 Å². The van der Waals surface area contributed by atoms with Crippen LogP contribution in [0.2, 0.25) is 5.02 Å². The van der Waals surface area contributed by atoms with Crippen molar-refractivity contribution in [3.8, 4) is 0 Å². The molecule has 0 spiro atoms. The number of oxime groups is 1. The Morgan fingerprint density at radius 3 is 2.60 bits per heavy atom. The fourth-order valence-electron chi connectivity index (χ4n) is 5.02. The number of halogens is 5. The minimum Gasteiger partial charge on any atom is -0.387 e. The van der Waals surface area contributed by atoms with Crippen molar-refractivity contribution < 1.29 is 40.2 Å². The van der Waals surface area contributed by atoms with E-state index < -0.39 is 58.7 Å². The second-order valence-corrected chi connectivity index (χ2v) is 12.6. The third kappa shape index (κ3) is 6.76. The lowest BCUT2D eigenvalue weighted by atomic mass is 9.97. The van der Waals surface area contributed by atoms with Gasteiger partial charge in [0.1, 0.15) is 29.4 Å². The summed E-state index contributed by atoms with van der Waals surface area (Å²) in [6.07, 6.45) is -5.33. The maximum Gasteiger partial charge on any atom is 0.282 e. The fourth-order valence-corrected chi connectivity index (χ4v) is 6.98. The summed E-state index contributed by atoms with van der Waals surface area (Å²) >= 11 is 7.75. The molecule has 1 aromatic carbocycles. The Morgan fingerprint density at radius 2 is 1.93 bits per heavy atom. The maximum absolute atomic E-state index is 13.3. The highest BCUT2D eigenvalue weighted by atomic mass is 35.5. The summed E-state index contributed by atoms with van der Waals surface area (Å²) in [5, 5.41) is 10.5. The van der Waals surface area contributed by atoms with Crippen molar-refractivity contribution in [2.45, 2.75) is 56.4 Å². The normalized spacial score (nSPS) is 18.1. The molecule has 3 aromatic rings. The van der Waals surface area contributed by atoms with Crippen LogP contribution >= 0.6 is 22.9 Å². The molecule has 0 radical (unpaired) electrons. The Balaban J connectivity index is 1.19. The molecule has 2 aliphatic heterocycles. The lowest BCUT2D eigenvalue weighted by Gasteiger charge is -2.31. The lowest BCUT2D eigenvalue weighted by Crippen LogP contribution is -2.40. The molecule has 0 aliphatic carbocycles. The number of amides is 1. The van der Waals surface area contributed by atoms with Gasteiger partial charge in [0.15, 0.2) is 6.10 Å². The van der Waals surface area contributed by atoms with Crippen LogP contribution in [0.1, 0.15) is 77.4 Å². The molecule has 0 bridgehead atoms. The summed E-state index contributed by atoms with van der Waals surface area (Å²) in [5.74, 6) is -1.08. The largest absolute Gasteiger partial charge is 0.387 e. The van der Waals surface area contributed by atoms with Gasteiger partial charge < -0.3 is 9.74 Å². The van der Waals surface area contributed by atoms with E-state index in [0.29, 0.717) is 59.2 Å². The van der Waals surface area contributed by atoms with Gasteiger partial charge in [-0.05, 0) is 30.5 Å². The molecule has 2 aliphatic rings. The second-order valence-electron chi connectivity index (χ2n) is 9.85. The molecule has 0 saturated carbocycles. The summed E-state index contributed by atoms with van der Waals surface area (Å²) in [6.45, 7) is 0.109. The highest BCUT2D eigenvalue weighted by Crippen LogP contribution is 2.38. The molecule has 10 nitrogen and oxygen atoms in total. The third-order valence-electron chi connectivity index (χ3n) is 7.05. The number of hydrogen-bond donors (Lipinski definition) is 1. The minimum absolute atomic E-state index is 0.0308. The van der Waals surface area contributed by atoms with Crippen LogP contribution in [0.25, 0.3) is 0 Å². The average Bonchev–Trinajstić information content (AvgIpc) is 3.68. The van der Waals surface area contributed by atoms with Crippen LogP contribution in [0.3, 0.4) is 0 Å². The van der Waals surface area contributed by atoms with Crippen LogP contribution in [0.4, 0.5) is 17.6 Å². The highest BCUT2D eigenvalue weighted by Gasteiger charge is 2.32. The second kappa shape index (κ2) is 12.3. The number of carbonyl (C=O) groups is 1. The van der Waals surface area contributed by atoms with E-state index in [1.54, 1.807) is 18.2 Å². The number of likely N-dealkylation sites (tertiary alicyclic amines) is 1. The molecular weight excluding hydrogens is 626 g/mol. The highest BCUT2D eigenvalue weighted by molar-refractivity contribution is 7.85. The molecule has 226 valence electrons. The first-order valence-electron chi connectivity index (χ1n) is 12.7. The number of thiazole rings is 1. The molecule has 17 heteroatoms. The van der Waals surface area contributed by atoms with E-state index in [1.807, 2.05) is 5.38 Å². The van der Waals surface area contributed by atoms with Crippen molar-refractivity contribution in [1.82, 2.24) is 19.7 Å². The summed E-state index contributed by atoms with van der Waals surface area (Å²) in [7, 11) is -4.30. The molecule has 42 heavy (non-hydrogen) atoms. The van der Waals surface area contributed by atoms with Crippen molar-refractivity contribution in [3.63, 3.8) is 0 Å². The molecule has 4 heterocycles. The molecule has 1 amide bonds. The predicted octanol–water partition coefficient (Wildman–Crippen LogP) is 5.53. The molecule has 1 fully saturated rings. The third-order valence-corrected chi connectivity index (χ3v) is 9.06. The molecule has 1 atom stereocenters. The van der Waals surface area contributed by atoms with Gasteiger partial charge in [0.2, 0.25) is 5.91 Å². The van der Waals surface area contributed by atoms with Crippen LogP contribution in [-0.4, -0.2) is 57.3 Å². The van der Waals surface area contributed by atoms with Crippen LogP contribution in [-0.2, 0) is 32.0 Å². The number of nitrogens with zero attached hydrogens (tertiary/aromatic N) is 5. The minimum atomic E-state index is -4.30. The summed E-state index contributed by atoms with van der Waals surface area (Å²) in [6, 6.07) is 5.33. The van der Waals surface area contributed by atoms with E-state index in [2.05, 4.69) is 10.3 Å². The number of aromatic nitrogens is 3. The Morgan fingerprint density at radius 1 is 1.19 bits per heavy atom. The van der Waals surface area contributed by atoms with E-state index in [1.165, 1.54) is 16.2 Å². The zero-order valence-corrected chi connectivity index (χ0v) is 24.1. The van der Waals surface area contributed by atoms with E-state index >= 15 is 0 Å². The van der Waals surface area contributed by atoms with Gasteiger partial charge in [-0.15, -0.1) is 11.3 Å². The predicted molar refractivity (Wildman–Crippen MR) is 144 cm³/mol. The quantitative estimate of drug-likeness (QED) is 0.239. The number of rotatable bonds is 9. The zero-order chi connectivity index (χ0) is 30.2. The molecule has 0 unspecified atom stereocenters. The standard InChI is InChI=1S/C25H24ClF4N5O5S2/c26-15-3-1-2-14(12-42(37,38)39)22(15)20-9-16(33-40-20)18-11-41-25(31-18)13-4-6-34(7-5-13)21(36)10-35-19(24(29)30)8-17(32-35)23(27)28/h1-3,8,11,13,20,23-24H,4-7,9-10,12H2,(H,37,38,39)/t20-/m0/s1. The van der Waals surface area contributed by atoms with Gasteiger partial charge in [0.25, 0.3) is 23.0 Å². The van der Waals surface area contributed by atoms with Gasteiger partial charge in [0, 0.05) is 41.4 Å². The Bertz CT molecular complexity index is 1610. The smallest absolute Gasteiger partial charge is 0.282 e. The Kier molecular flexibility index (Phi) is 8.87. The maximum atomic E-state index is 13.3. The Labute approximate surface area is 246 Å². The average molecular weight is 650 g/mol. The molecule has 1 saturated heterocycles. The van der Waals surface area contributed by atoms with Crippen molar-refractivity contribution in [2.75, 3.05) is 13.1 Å². The van der Waals surface area contributed by atoms with Crippen molar-refractivity contribution in [1.29, 1.82) is 0 Å². The van der Waals surface area contributed by atoms with Gasteiger partial charge in [-0.1, -0.05) is 28.9 Å². The van der Waals surface area contributed by atoms with E-state index in [0.717, 1.165) is 5.01 Å². The van der Waals surface area contributed by atoms with E-state index in [4.69, 9.17) is 21.4 Å². The summed E-state index contributed by atoms with van der Waals surface area (Å²) in [4.78, 5) is 24.5. The number of alkyl halides is 4. The first-order chi connectivity index (χ1) is 19.9. The first-order valence-corrected chi connectivity index (χ1v) is 15.6. The van der Waals surface area contributed by atoms with Gasteiger partial charge >= 0.3 is 0 Å². The Hall–Kier alpha value is -3.08. The van der Waals surface area contributed by atoms with Crippen LogP contribution in [0, 0.1) is 0 Å².